The third kappa shape index (κ3) is 4.53. The van der Waals surface area contributed by atoms with Crippen molar-refractivity contribution in [3.63, 3.8) is 0 Å². The van der Waals surface area contributed by atoms with Gasteiger partial charge in [-0.15, -0.1) is 11.3 Å². The van der Waals surface area contributed by atoms with Gasteiger partial charge >= 0.3 is 0 Å². The Labute approximate surface area is 126 Å². The summed E-state index contributed by atoms with van der Waals surface area (Å²) in [6.45, 7) is 6.65. The predicted molar refractivity (Wildman–Crippen MR) is 82.6 cm³/mol. The topological polar surface area (TPSA) is 58.6 Å². The maximum Gasteiger partial charge on any atom is 0.244 e. The van der Waals surface area contributed by atoms with Crippen LogP contribution in [0, 0.1) is 0 Å². The van der Waals surface area contributed by atoms with Gasteiger partial charge in [0.2, 0.25) is 10.0 Å². The highest BCUT2D eigenvalue weighted by atomic mass is 32.2. The summed E-state index contributed by atoms with van der Waals surface area (Å²) in [5.74, 6) is 0. The zero-order valence-electron chi connectivity index (χ0n) is 12.4. The van der Waals surface area contributed by atoms with E-state index < -0.39 is 10.0 Å². The van der Waals surface area contributed by atoms with Gasteiger partial charge in [0.05, 0.1) is 11.5 Å². The van der Waals surface area contributed by atoms with Crippen LogP contribution in [-0.4, -0.2) is 46.1 Å². The third-order valence-electron chi connectivity index (χ3n) is 2.93. The summed E-state index contributed by atoms with van der Waals surface area (Å²) in [6, 6.07) is 1.69. The highest BCUT2D eigenvalue weighted by Gasteiger charge is 2.26. The van der Waals surface area contributed by atoms with Crippen LogP contribution in [0.1, 0.15) is 25.1 Å². The molecule has 7 heteroatoms. The van der Waals surface area contributed by atoms with E-state index in [1.54, 1.807) is 13.2 Å². The molecule has 1 aromatic heterocycles. The molecule has 116 valence electrons. The molecule has 0 saturated carbocycles. The lowest BCUT2D eigenvalue weighted by Gasteiger charge is -2.20. The third-order valence-corrected chi connectivity index (χ3v) is 6.04. The van der Waals surface area contributed by atoms with Crippen molar-refractivity contribution in [1.29, 1.82) is 0 Å². The van der Waals surface area contributed by atoms with Gasteiger partial charge in [-0.05, 0) is 24.4 Å². The molecule has 5 nitrogen and oxygen atoms in total. The first-order valence-electron chi connectivity index (χ1n) is 6.84. The maximum atomic E-state index is 12.6. The molecule has 0 spiro atoms. The van der Waals surface area contributed by atoms with Gasteiger partial charge in [-0.1, -0.05) is 13.8 Å². The second kappa shape index (κ2) is 8.74. The highest BCUT2D eigenvalue weighted by molar-refractivity contribution is 7.89. The molecule has 1 heterocycles. The predicted octanol–water partition coefficient (Wildman–Crippen LogP) is 1.90. The summed E-state index contributed by atoms with van der Waals surface area (Å²) in [5, 5.41) is 5.09. The molecule has 1 aromatic rings. The fourth-order valence-electron chi connectivity index (χ4n) is 1.85. The van der Waals surface area contributed by atoms with E-state index in [-0.39, 0.29) is 0 Å². The zero-order valence-corrected chi connectivity index (χ0v) is 14.0. The number of nitrogens with one attached hydrogen (secondary N) is 1. The van der Waals surface area contributed by atoms with Crippen molar-refractivity contribution in [3.8, 4) is 0 Å². The number of hydrogen-bond acceptors (Lipinski definition) is 5. The Balaban J connectivity index is 2.88. The van der Waals surface area contributed by atoms with Crippen LogP contribution in [0.15, 0.2) is 16.3 Å². The first-order valence-corrected chi connectivity index (χ1v) is 9.16. The first kappa shape index (κ1) is 17.6. The average molecular weight is 320 g/mol. The molecule has 0 unspecified atom stereocenters. The van der Waals surface area contributed by atoms with E-state index in [0.29, 0.717) is 31.1 Å². The smallest absolute Gasteiger partial charge is 0.244 e. The molecule has 0 aliphatic rings. The molecule has 0 fully saturated rings. The van der Waals surface area contributed by atoms with E-state index in [2.05, 4.69) is 12.2 Å². The Bertz CT molecular complexity index is 486. The number of methoxy groups -OCH3 is 1. The van der Waals surface area contributed by atoms with Gasteiger partial charge in [-0.3, -0.25) is 0 Å². The van der Waals surface area contributed by atoms with Gasteiger partial charge in [0.25, 0.3) is 0 Å². The van der Waals surface area contributed by atoms with Crippen molar-refractivity contribution in [1.82, 2.24) is 9.62 Å². The largest absolute Gasteiger partial charge is 0.383 e. The Morgan fingerprint density at radius 1 is 1.40 bits per heavy atom. The molecule has 0 bridgehead atoms. The van der Waals surface area contributed by atoms with E-state index >= 15 is 0 Å². The summed E-state index contributed by atoms with van der Waals surface area (Å²) in [6.07, 6.45) is 1.03. The van der Waals surface area contributed by atoms with Crippen molar-refractivity contribution in [2.24, 2.45) is 0 Å². The van der Waals surface area contributed by atoms with Gasteiger partial charge < -0.3 is 10.1 Å². The molecule has 1 N–H and O–H groups in total. The normalized spacial score (nSPS) is 12.2. The number of hydrogen-bond donors (Lipinski definition) is 1. The molecule has 0 aliphatic heterocycles. The minimum atomic E-state index is -3.42. The van der Waals surface area contributed by atoms with Gasteiger partial charge in [-0.25, -0.2) is 8.42 Å². The number of likely N-dealkylation sites (N-methyl/N-ethyl adjacent to an activating group) is 1. The van der Waals surface area contributed by atoms with E-state index in [4.69, 9.17) is 4.74 Å². The van der Waals surface area contributed by atoms with E-state index in [1.807, 2.05) is 12.3 Å². The monoisotopic (exact) mass is 320 g/mol. The fraction of sp³-hybridized carbons (Fsp3) is 0.692. The van der Waals surface area contributed by atoms with Gasteiger partial charge in [0.1, 0.15) is 0 Å². The van der Waals surface area contributed by atoms with Gasteiger partial charge in [0.15, 0.2) is 0 Å². The van der Waals surface area contributed by atoms with Crippen LogP contribution in [0.2, 0.25) is 0 Å². The lowest BCUT2D eigenvalue weighted by molar-refractivity contribution is 0.180. The summed E-state index contributed by atoms with van der Waals surface area (Å²) >= 11 is 1.48. The molecule has 0 radical (unpaired) electrons. The lowest BCUT2D eigenvalue weighted by Crippen LogP contribution is -2.34. The molecule has 0 aromatic carbocycles. The molecular formula is C13H24N2O3S2. The standard InChI is InChI=1S/C13H24N2O3S2/c1-4-7-14-11-12-13(6-10-19-12)20(16,17)15(5-2)8-9-18-3/h6,10,14H,4-5,7-9,11H2,1-3H3. The molecule has 0 atom stereocenters. The SMILES string of the molecule is CCCNCc1sccc1S(=O)(=O)N(CC)CCOC. The molecular weight excluding hydrogens is 296 g/mol. The van der Waals surface area contributed by atoms with Crippen LogP contribution < -0.4 is 5.32 Å². The first-order chi connectivity index (χ1) is 9.57. The maximum absolute atomic E-state index is 12.6. The lowest BCUT2D eigenvalue weighted by atomic mass is 10.4. The highest BCUT2D eigenvalue weighted by Crippen LogP contribution is 2.25. The van der Waals surface area contributed by atoms with Crippen LogP contribution in [0.3, 0.4) is 0 Å². The van der Waals surface area contributed by atoms with Crippen LogP contribution in [0.5, 0.6) is 0 Å². The van der Waals surface area contributed by atoms with Crippen LogP contribution in [-0.2, 0) is 21.3 Å². The van der Waals surface area contributed by atoms with Crippen molar-refractivity contribution in [2.75, 3.05) is 33.4 Å². The minimum absolute atomic E-state index is 0.382. The quantitative estimate of drug-likeness (QED) is 0.669. The molecule has 0 saturated heterocycles. The Morgan fingerprint density at radius 3 is 2.75 bits per heavy atom. The van der Waals surface area contributed by atoms with Gasteiger partial charge in [-0.2, -0.15) is 4.31 Å². The number of sulfonamides is 1. The van der Waals surface area contributed by atoms with Gasteiger partial charge in [0, 0.05) is 31.6 Å². The Kier molecular flexibility index (Phi) is 7.68. The molecule has 0 aliphatic carbocycles. The van der Waals surface area contributed by atoms with Crippen molar-refractivity contribution < 1.29 is 13.2 Å². The summed E-state index contributed by atoms with van der Waals surface area (Å²) in [4.78, 5) is 1.29. The number of nitrogens with zero attached hydrogens (tertiary/aromatic N) is 1. The van der Waals surface area contributed by atoms with E-state index in [0.717, 1.165) is 17.8 Å². The summed E-state index contributed by atoms with van der Waals surface area (Å²) < 4.78 is 31.7. The van der Waals surface area contributed by atoms with Crippen molar-refractivity contribution >= 4 is 21.4 Å². The van der Waals surface area contributed by atoms with E-state index in [1.165, 1.54) is 15.6 Å². The molecule has 0 amide bonds. The molecule has 1 rings (SSSR count). The van der Waals surface area contributed by atoms with E-state index in [9.17, 15) is 8.42 Å². The Morgan fingerprint density at radius 2 is 2.15 bits per heavy atom. The van der Waals surface area contributed by atoms with Crippen LogP contribution >= 0.6 is 11.3 Å². The average Bonchev–Trinajstić information content (AvgIpc) is 2.89. The Hall–Kier alpha value is -0.470. The van der Waals surface area contributed by atoms with Crippen LogP contribution in [0.25, 0.3) is 0 Å². The number of ether oxygens (including phenoxy) is 1. The fourth-order valence-corrected chi connectivity index (χ4v) is 4.66. The summed E-state index contributed by atoms with van der Waals surface area (Å²) in [7, 11) is -1.85. The summed E-state index contributed by atoms with van der Waals surface area (Å²) in [5.41, 5.74) is 0. The minimum Gasteiger partial charge on any atom is -0.383 e. The van der Waals surface area contributed by atoms with Crippen LogP contribution in [0.4, 0.5) is 0 Å². The van der Waals surface area contributed by atoms with Crippen molar-refractivity contribution in [2.45, 2.75) is 31.7 Å². The molecule has 20 heavy (non-hydrogen) atoms. The second-order valence-corrected chi connectivity index (χ2v) is 7.28. The second-order valence-electron chi connectivity index (χ2n) is 4.37. The number of rotatable bonds is 10. The zero-order chi connectivity index (χ0) is 15.0. The van der Waals surface area contributed by atoms with Crippen molar-refractivity contribution in [3.05, 3.63) is 16.3 Å². The number of thiophene rings is 1.